The number of rotatable bonds is 6. The lowest BCUT2D eigenvalue weighted by Crippen LogP contribution is -2.29. The maximum Gasteiger partial charge on any atom is 0.307 e. The summed E-state index contributed by atoms with van der Waals surface area (Å²) in [6.45, 7) is 4.02. The first-order valence-electron chi connectivity index (χ1n) is 10.6. The maximum absolute atomic E-state index is 12.7. The minimum absolute atomic E-state index is 0.0574. The molecule has 1 N–H and O–H groups in total. The largest absolute Gasteiger partial charge is 0.322 e. The van der Waals surface area contributed by atoms with Gasteiger partial charge in [0.2, 0.25) is 10.0 Å². The van der Waals surface area contributed by atoms with Gasteiger partial charge in [-0.25, -0.2) is 8.42 Å². The molecule has 9 heteroatoms. The second-order valence-electron chi connectivity index (χ2n) is 8.38. The van der Waals surface area contributed by atoms with Crippen LogP contribution in [0.1, 0.15) is 27.0 Å². The first-order chi connectivity index (χ1) is 16.0. The predicted molar refractivity (Wildman–Crippen MR) is 138 cm³/mol. The fraction of sp³-hybridized carbons (Fsp3) is 0.200. The Morgan fingerprint density at radius 3 is 2.26 bits per heavy atom. The molecule has 0 unspecified atom stereocenters. The van der Waals surface area contributed by atoms with Crippen LogP contribution < -0.4 is 14.5 Å². The molecule has 4 aromatic rings. The summed E-state index contributed by atoms with van der Waals surface area (Å²) in [6.07, 6.45) is 1.19. The predicted octanol–water partition coefficient (Wildman–Crippen LogP) is 4.44. The van der Waals surface area contributed by atoms with Crippen LogP contribution in [0.5, 0.6) is 0 Å². The number of anilines is 2. The Bertz CT molecular complexity index is 1530. The number of benzene rings is 3. The Morgan fingerprint density at radius 1 is 1.00 bits per heavy atom. The van der Waals surface area contributed by atoms with Gasteiger partial charge in [-0.1, -0.05) is 29.5 Å². The van der Waals surface area contributed by atoms with Crippen molar-refractivity contribution in [3.8, 4) is 0 Å². The number of nitrogens with one attached hydrogen (secondary N) is 1. The number of hydrogen-bond donors (Lipinski definition) is 1. The van der Waals surface area contributed by atoms with Crippen LogP contribution in [0.25, 0.3) is 10.2 Å². The zero-order chi connectivity index (χ0) is 24.6. The van der Waals surface area contributed by atoms with E-state index >= 15 is 0 Å². The quantitative estimate of drug-likeness (QED) is 0.428. The van der Waals surface area contributed by atoms with Crippen molar-refractivity contribution in [2.24, 2.45) is 7.05 Å². The van der Waals surface area contributed by atoms with Crippen LogP contribution in [0.15, 0.2) is 65.5 Å². The molecule has 34 heavy (non-hydrogen) atoms. The van der Waals surface area contributed by atoms with Gasteiger partial charge in [-0.15, -0.1) is 0 Å². The van der Waals surface area contributed by atoms with E-state index in [1.807, 2.05) is 32.0 Å². The van der Waals surface area contributed by atoms with Crippen LogP contribution in [-0.4, -0.2) is 25.1 Å². The average molecular weight is 496 g/mol. The molecule has 176 valence electrons. The third-order valence-electron chi connectivity index (χ3n) is 5.49. The molecule has 0 spiro atoms. The lowest BCUT2D eigenvalue weighted by Gasteiger charge is -2.23. The minimum Gasteiger partial charge on any atom is -0.322 e. The molecule has 0 aliphatic rings. The Hall–Kier alpha value is -3.43. The summed E-state index contributed by atoms with van der Waals surface area (Å²) < 4.78 is 28.7. The summed E-state index contributed by atoms with van der Waals surface area (Å²) in [5.41, 5.74) is 5.20. The molecule has 3 aromatic carbocycles. The molecule has 7 nitrogen and oxygen atoms in total. The molecule has 0 atom stereocenters. The van der Waals surface area contributed by atoms with Gasteiger partial charge in [0.25, 0.3) is 5.91 Å². The van der Waals surface area contributed by atoms with Crippen molar-refractivity contribution >= 4 is 48.9 Å². The molecular weight excluding hydrogens is 470 g/mol. The second-order valence-corrected chi connectivity index (χ2v) is 11.3. The topological polar surface area (TPSA) is 88.5 Å². The Labute approximate surface area is 202 Å². The van der Waals surface area contributed by atoms with E-state index < -0.39 is 10.0 Å². The van der Waals surface area contributed by atoms with Crippen molar-refractivity contribution in [3.05, 3.63) is 92.6 Å². The molecule has 0 aliphatic carbocycles. The second kappa shape index (κ2) is 9.08. The van der Waals surface area contributed by atoms with E-state index in [1.54, 1.807) is 54.1 Å². The van der Waals surface area contributed by atoms with E-state index in [-0.39, 0.29) is 17.3 Å². The highest BCUT2D eigenvalue weighted by Crippen LogP contribution is 2.24. The molecule has 1 aromatic heterocycles. The third kappa shape index (κ3) is 5.05. The molecule has 0 saturated heterocycles. The number of aryl methyl sites for hydroxylation is 3. The summed E-state index contributed by atoms with van der Waals surface area (Å²) in [5.74, 6) is -0.288. The van der Waals surface area contributed by atoms with Crippen LogP contribution in [-0.2, 0) is 23.6 Å². The van der Waals surface area contributed by atoms with Crippen LogP contribution in [0, 0.1) is 13.8 Å². The molecule has 1 amide bonds. The highest BCUT2D eigenvalue weighted by atomic mass is 32.2. The molecule has 0 saturated carbocycles. The van der Waals surface area contributed by atoms with Crippen molar-refractivity contribution in [1.29, 1.82) is 0 Å². The van der Waals surface area contributed by atoms with Crippen LogP contribution in [0.4, 0.5) is 11.4 Å². The van der Waals surface area contributed by atoms with E-state index in [2.05, 4.69) is 5.32 Å². The van der Waals surface area contributed by atoms with E-state index in [9.17, 15) is 18.0 Å². The zero-order valence-corrected chi connectivity index (χ0v) is 21.0. The van der Waals surface area contributed by atoms with Gasteiger partial charge >= 0.3 is 4.87 Å². The Morgan fingerprint density at radius 2 is 1.65 bits per heavy atom. The molecule has 0 bridgehead atoms. The normalized spacial score (nSPS) is 11.5. The number of carbonyl (C=O) groups excluding carboxylic acids is 1. The van der Waals surface area contributed by atoms with Gasteiger partial charge in [0.15, 0.2) is 0 Å². The number of thiazole rings is 1. The van der Waals surface area contributed by atoms with Gasteiger partial charge < -0.3 is 9.88 Å². The monoisotopic (exact) mass is 495 g/mol. The van der Waals surface area contributed by atoms with E-state index in [0.717, 1.165) is 38.2 Å². The number of carbonyl (C=O) groups is 1. The van der Waals surface area contributed by atoms with Gasteiger partial charge in [-0.05, 0) is 73.0 Å². The van der Waals surface area contributed by atoms with Crippen LogP contribution >= 0.6 is 11.3 Å². The maximum atomic E-state index is 12.7. The van der Waals surface area contributed by atoms with E-state index in [1.165, 1.54) is 10.6 Å². The summed E-state index contributed by atoms with van der Waals surface area (Å²) in [7, 11) is -1.79. The molecular formula is C25H25N3O4S2. The molecule has 0 radical (unpaired) electrons. The number of hydrogen-bond acceptors (Lipinski definition) is 5. The lowest BCUT2D eigenvalue weighted by molar-refractivity contribution is 0.102. The van der Waals surface area contributed by atoms with Gasteiger partial charge in [0, 0.05) is 18.3 Å². The van der Waals surface area contributed by atoms with Crippen LogP contribution in [0.3, 0.4) is 0 Å². The van der Waals surface area contributed by atoms with Crippen molar-refractivity contribution in [3.63, 3.8) is 0 Å². The lowest BCUT2D eigenvalue weighted by atomic mass is 10.1. The molecule has 4 rings (SSSR count). The standard InChI is InChI=1S/C25H25N3O4S2/c1-16-11-17(2)13-21(12-16)28(34(4,31)32)15-18-5-7-19(8-6-18)24(29)26-20-9-10-22-23(14-20)33-25(30)27(22)3/h5-14H,15H2,1-4H3,(H,26,29). The summed E-state index contributed by atoms with van der Waals surface area (Å²) >= 11 is 1.13. The number of amides is 1. The first kappa shape index (κ1) is 23.7. The highest BCUT2D eigenvalue weighted by molar-refractivity contribution is 7.92. The fourth-order valence-electron chi connectivity index (χ4n) is 3.84. The summed E-state index contributed by atoms with van der Waals surface area (Å²) in [4.78, 5) is 24.5. The SMILES string of the molecule is Cc1cc(C)cc(N(Cc2ccc(C(=O)Nc3ccc4c(c3)sc(=O)n4C)cc2)S(C)(=O)=O)c1. The number of fused-ring (bicyclic) bond motifs is 1. The third-order valence-corrected chi connectivity index (χ3v) is 7.62. The fourth-order valence-corrected chi connectivity index (χ4v) is 5.63. The Balaban J connectivity index is 1.52. The van der Waals surface area contributed by atoms with Gasteiger partial charge in [0.05, 0.1) is 28.7 Å². The van der Waals surface area contributed by atoms with E-state index in [4.69, 9.17) is 0 Å². The smallest absolute Gasteiger partial charge is 0.307 e. The van der Waals surface area contributed by atoms with Gasteiger partial charge in [-0.2, -0.15) is 0 Å². The van der Waals surface area contributed by atoms with E-state index in [0.29, 0.717) is 16.9 Å². The number of aromatic nitrogens is 1. The van der Waals surface area contributed by atoms with Gasteiger partial charge in [-0.3, -0.25) is 13.9 Å². The molecule has 1 heterocycles. The van der Waals surface area contributed by atoms with Crippen LogP contribution in [0.2, 0.25) is 0 Å². The summed E-state index contributed by atoms with van der Waals surface area (Å²) in [5, 5.41) is 2.85. The summed E-state index contributed by atoms with van der Waals surface area (Å²) in [6, 6.07) is 17.9. The zero-order valence-electron chi connectivity index (χ0n) is 19.3. The molecule has 0 fully saturated rings. The first-order valence-corrected chi connectivity index (χ1v) is 13.2. The van der Waals surface area contributed by atoms with Crippen molar-refractivity contribution < 1.29 is 13.2 Å². The van der Waals surface area contributed by atoms with Crippen molar-refractivity contribution in [1.82, 2.24) is 4.57 Å². The number of sulfonamides is 1. The van der Waals surface area contributed by atoms with Crippen molar-refractivity contribution in [2.75, 3.05) is 15.9 Å². The highest BCUT2D eigenvalue weighted by Gasteiger charge is 2.19. The minimum atomic E-state index is -3.51. The van der Waals surface area contributed by atoms with Gasteiger partial charge in [0.1, 0.15) is 0 Å². The van der Waals surface area contributed by atoms with Crippen molar-refractivity contribution in [2.45, 2.75) is 20.4 Å². The number of nitrogens with zero attached hydrogens (tertiary/aromatic N) is 2. The Kier molecular flexibility index (Phi) is 6.33. The molecule has 0 aliphatic heterocycles. The average Bonchev–Trinajstić information content (AvgIpc) is 3.03.